The molecule has 2 rings (SSSR count). The highest BCUT2D eigenvalue weighted by atomic mass is 32.2. The molecule has 0 heterocycles. The quantitative estimate of drug-likeness (QED) is 0.575. The molecule has 158 valence electrons. The van der Waals surface area contributed by atoms with E-state index in [1.54, 1.807) is 23.9 Å². The van der Waals surface area contributed by atoms with Gasteiger partial charge in [-0.1, -0.05) is 30.3 Å². The number of para-hydroxylation sites is 1. The monoisotopic (exact) mass is 438 g/mol. The molecule has 1 N–H and O–H groups in total. The number of rotatable bonds is 10. The van der Waals surface area contributed by atoms with Crippen molar-refractivity contribution in [2.45, 2.75) is 26.0 Å². The smallest absolute Gasteiger partial charge is 0.240 e. The fourth-order valence-electron chi connectivity index (χ4n) is 2.92. The number of sulfonamides is 1. The molecule has 0 saturated heterocycles. The van der Waals surface area contributed by atoms with E-state index in [0.29, 0.717) is 12.2 Å². The van der Waals surface area contributed by atoms with E-state index in [9.17, 15) is 17.6 Å². The Kier molecular flexibility index (Phi) is 8.52. The molecule has 2 aromatic carbocycles. The Morgan fingerprint density at radius 1 is 1.10 bits per heavy atom. The lowest BCUT2D eigenvalue weighted by atomic mass is 10.1. The van der Waals surface area contributed by atoms with Gasteiger partial charge in [-0.25, -0.2) is 12.8 Å². The van der Waals surface area contributed by atoms with Crippen molar-refractivity contribution in [2.75, 3.05) is 29.4 Å². The standard InChI is InChI=1S/C21H27FN2O3S2/c1-16-6-4-7-17(2)21(16)24(29(3,26)27)14-20(25)23-12-5-13-28-15-18-8-10-19(22)11-9-18/h4,6-11H,5,12-15H2,1-3H3,(H,23,25). The van der Waals surface area contributed by atoms with Crippen LogP contribution >= 0.6 is 11.8 Å². The van der Waals surface area contributed by atoms with Crippen molar-refractivity contribution in [3.05, 3.63) is 65.0 Å². The third-order valence-corrected chi connectivity index (χ3v) is 6.57. The molecule has 0 bridgehead atoms. The van der Waals surface area contributed by atoms with E-state index in [4.69, 9.17) is 0 Å². The molecular weight excluding hydrogens is 411 g/mol. The fraction of sp³-hybridized carbons (Fsp3) is 0.381. The molecule has 29 heavy (non-hydrogen) atoms. The average molecular weight is 439 g/mol. The van der Waals surface area contributed by atoms with Gasteiger partial charge in [-0.2, -0.15) is 11.8 Å². The summed E-state index contributed by atoms with van der Waals surface area (Å²) in [6.45, 7) is 3.89. The molecule has 0 spiro atoms. The summed E-state index contributed by atoms with van der Waals surface area (Å²) in [6, 6.07) is 11.9. The molecule has 0 aromatic heterocycles. The first-order valence-corrected chi connectivity index (χ1v) is 12.3. The van der Waals surface area contributed by atoms with Crippen LogP contribution in [0.15, 0.2) is 42.5 Å². The summed E-state index contributed by atoms with van der Waals surface area (Å²) in [5.74, 6) is 1.04. The van der Waals surface area contributed by atoms with Gasteiger partial charge in [-0.05, 0) is 54.8 Å². The number of hydrogen-bond acceptors (Lipinski definition) is 4. The van der Waals surface area contributed by atoms with Gasteiger partial charge in [0.2, 0.25) is 15.9 Å². The summed E-state index contributed by atoms with van der Waals surface area (Å²) in [4.78, 5) is 12.3. The van der Waals surface area contributed by atoms with E-state index in [1.807, 2.05) is 32.0 Å². The normalized spacial score (nSPS) is 11.3. The lowest BCUT2D eigenvalue weighted by Gasteiger charge is -2.25. The third-order valence-electron chi connectivity index (χ3n) is 4.35. The van der Waals surface area contributed by atoms with E-state index in [1.165, 1.54) is 12.1 Å². The van der Waals surface area contributed by atoms with Crippen LogP contribution in [0, 0.1) is 19.7 Å². The van der Waals surface area contributed by atoms with E-state index < -0.39 is 10.0 Å². The Hall–Kier alpha value is -2.06. The highest BCUT2D eigenvalue weighted by molar-refractivity contribution is 7.98. The Balaban J connectivity index is 1.81. The zero-order chi connectivity index (χ0) is 21.4. The van der Waals surface area contributed by atoms with Crippen molar-refractivity contribution < 1.29 is 17.6 Å². The van der Waals surface area contributed by atoms with Gasteiger partial charge in [-0.15, -0.1) is 0 Å². The number of halogens is 1. The number of nitrogens with one attached hydrogen (secondary N) is 1. The first-order chi connectivity index (χ1) is 13.7. The van der Waals surface area contributed by atoms with Crippen molar-refractivity contribution in [2.24, 2.45) is 0 Å². The topological polar surface area (TPSA) is 66.5 Å². The Morgan fingerprint density at radius 3 is 2.31 bits per heavy atom. The van der Waals surface area contributed by atoms with Gasteiger partial charge in [-0.3, -0.25) is 9.10 Å². The first-order valence-electron chi connectivity index (χ1n) is 9.31. The van der Waals surface area contributed by atoms with Gasteiger partial charge >= 0.3 is 0 Å². The minimum Gasteiger partial charge on any atom is -0.354 e. The molecule has 0 aliphatic rings. The molecule has 0 atom stereocenters. The fourth-order valence-corrected chi connectivity index (χ4v) is 4.81. The predicted molar refractivity (Wildman–Crippen MR) is 118 cm³/mol. The summed E-state index contributed by atoms with van der Waals surface area (Å²) < 4.78 is 38.6. The molecule has 5 nitrogen and oxygen atoms in total. The van der Waals surface area contributed by atoms with Crippen LogP contribution in [0.4, 0.5) is 10.1 Å². The van der Waals surface area contributed by atoms with Gasteiger partial charge in [0.25, 0.3) is 0 Å². The van der Waals surface area contributed by atoms with Crippen LogP contribution < -0.4 is 9.62 Å². The lowest BCUT2D eigenvalue weighted by molar-refractivity contribution is -0.119. The number of thioether (sulfide) groups is 1. The number of anilines is 1. The van der Waals surface area contributed by atoms with Gasteiger partial charge in [0, 0.05) is 12.3 Å². The second-order valence-corrected chi connectivity index (χ2v) is 9.90. The van der Waals surface area contributed by atoms with Crippen LogP contribution in [0.25, 0.3) is 0 Å². The van der Waals surface area contributed by atoms with Gasteiger partial charge in [0.1, 0.15) is 12.4 Å². The maximum absolute atomic E-state index is 12.9. The Morgan fingerprint density at radius 2 is 1.72 bits per heavy atom. The summed E-state index contributed by atoms with van der Waals surface area (Å²) in [7, 11) is -3.59. The summed E-state index contributed by atoms with van der Waals surface area (Å²) in [5, 5.41) is 2.79. The van der Waals surface area contributed by atoms with Crippen LogP contribution in [-0.2, 0) is 20.6 Å². The van der Waals surface area contributed by atoms with Gasteiger partial charge < -0.3 is 5.32 Å². The minimum atomic E-state index is -3.59. The summed E-state index contributed by atoms with van der Waals surface area (Å²) >= 11 is 1.70. The number of benzene rings is 2. The van der Waals surface area contributed by atoms with Crippen molar-refractivity contribution in [3.8, 4) is 0 Å². The van der Waals surface area contributed by atoms with E-state index >= 15 is 0 Å². The second kappa shape index (κ2) is 10.6. The lowest BCUT2D eigenvalue weighted by Crippen LogP contribution is -2.41. The van der Waals surface area contributed by atoms with E-state index in [0.717, 1.165) is 45.2 Å². The highest BCUT2D eigenvalue weighted by Gasteiger charge is 2.23. The van der Waals surface area contributed by atoms with Crippen molar-refractivity contribution in [1.82, 2.24) is 5.32 Å². The zero-order valence-corrected chi connectivity index (χ0v) is 18.6. The average Bonchev–Trinajstić information content (AvgIpc) is 2.64. The zero-order valence-electron chi connectivity index (χ0n) is 16.9. The second-order valence-electron chi connectivity index (χ2n) is 6.89. The molecule has 1 amide bonds. The van der Waals surface area contributed by atoms with Crippen LogP contribution in [0.1, 0.15) is 23.1 Å². The number of aryl methyl sites for hydroxylation is 2. The SMILES string of the molecule is Cc1cccc(C)c1N(CC(=O)NCCCSCc1ccc(F)cc1)S(C)(=O)=O. The number of carbonyl (C=O) groups is 1. The van der Waals surface area contributed by atoms with Crippen molar-refractivity contribution in [3.63, 3.8) is 0 Å². The van der Waals surface area contributed by atoms with Gasteiger partial charge in [0.05, 0.1) is 11.9 Å². The van der Waals surface area contributed by atoms with Crippen LogP contribution in [0.2, 0.25) is 0 Å². The first kappa shape index (κ1) is 23.2. The Bertz CT molecular complexity index is 911. The van der Waals surface area contributed by atoms with E-state index in [-0.39, 0.29) is 18.3 Å². The highest BCUT2D eigenvalue weighted by Crippen LogP contribution is 2.26. The molecule has 8 heteroatoms. The number of nitrogens with zero attached hydrogens (tertiary/aromatic N) is 1. The summed E-state index contributed by atoms with van der Waals surface area (Å²) in [5.41, 5.74) is 3.22. The molecule has 0 saturated carbocycles. The Labute approximate surface area is 176 Å². The number of hydrogen-bond donors (Lipinski definition) is 1. The third kappa shape index (κ3) is 7.36. The maximum Gasteiger partial charge on any atom is 0.240 e. The van der Waals surface area contributed by atoms with Crippen LogP contribution in [0.5, 0.6) is 0 Å². The van der Waals surface area contributed by atoms with Gasteiger partial charge in [0.15, 0.2) is 0 Å². The molecule has 2 aromatic rings. The van der Waals surface area contributed by atoms with Crippen LogP contribution in [-0.4, -0.2) is 39.4 Å². The largest absolute Gasteiger partial charge is 0.354 e. The molecule has 0 unspecified atom stereocenters. The molecule has 0 fully saturated rings. The maximum atomic E-state index is 12.9. The number of amides is 1. The van der Waals surface area contributed by atoms with Crippen molar-refractivity contribution >= 4 is 33.4 Å². The minimum absolute atomic E-state index is 0.243. The molecular formula is C21H27FN2O3S2. The van der Waals surface area contributed by atoms with E-state index in [2.05, 4.69) is 5.32 Å². The molecule has 0 aliphatic heterocycles. The van der Waals surface area contributed by atoms with Crippen molar-refractivity contribution in [1.29, 1.82) is 0 Å². The molecule has 0 aliphatic carbocycles. The number of carbonyl (C=O) groups excluding carboxylic acids is 1. The predicted octanol–water partition coefficient (Wildman–Crippen LogP) is 3.65. The van der Waals surface area contributed by atoms with Crippen LogP contribution in [0.3, 0.4) is 0 Å². The molecule has 0 radical (unpaired) electrons. The summed E-state index contributed by atoms with van der Waals surface area (Å²) in [6.07, 6.45) is 1.87.